The topological polar surface area (TPSA) is 104 Å². The fourth-order valence-electron chi connectivity index (χ4n) is 5.33. The Kier molecular flexibility index (Phi) is 6.77. The van der Waals surface area contributed by atoms with Crippen LogP contribution in [0.15, 0.2) is 42.6 Å². The number of fused-ring (bicyclic) bond motifs is 4. The second-order valence-corrected chi connectivity index (χ2v) is 9.52. The Labute approximate surface area is 210 Å². The van der Waals surface area contributed by atoms with Gasteiger partial charge >= 0.3 is 0 Å². The number of carbonyl (C=O) groups is 3. The van der Waals surface area contributed by atoms with Gasteiger partial charge in [-0.05, 0) is 36.2 Å². The Morgan fingerprint density at radius 2 is 2.06 bits per heavy atom. The lowest BCUT2D eigenvalue weighted by molar-refractivity contribution is -0.146. The molecule has 3 aliphatic heterocycles. The summed E-state index contributed by atoms with van der Waals surface area (Å²) in [6, 6.07) is 10.2. The summed E-state index contributed by atoms with van der Waals surface area (Å²) in [4.78, 5) is 49.2. The first kappa shape index (κ1) is 24.1. The van der Waals surface area contributed by atoms with Crippen LogP contribution in [-0.2, 0) is 16.1 Å². The smallest absolute Gasteiger partial charge is 0.257 e. The molecule has 0 saturated carbocycles. The van der Waals surface area contributed by atoms with E-state index in [0.29, 0.717) is 44.7 Å². The van der Waals surface area contributed by atoms with Gasteiger partial charge in [0, 0.05) is 51.9 Å². The van der Waals surface area contributed by atoms with Crippen molar-refractivity contribution in [1.82, 2.24) is 25.0 Å². The number of rotatable bonds is 3. The Bertz CT molecular complexity index is 1160. The second kappa shape index (κ2) is 10.1. The Hall–Kier alpha value is -3.66. The van der Waals surface area contributed by atoms with Crippen LogP contribution in [0.25, 0.3) is 0 Å². The molecule has 10 nitrogen and oxygen atoms in total. The third kappa shape index (κ3) is 4.86. The van der Waals surface area contributed by atoms with Gasteiger partial charge in [-0.15, -0.1) is 0 Å². The molecule has 4 heterocycles. The quantitative estimate of drug-likeness (QED) is 0.678. The first-order valence-electron chi connectivity index (χ1n) is 12.2. The largest absolute Gasteiger partial charge is 0.497 e. The highest BCUT2D eigenvalue weighted by molar-refractivity contribution is 5.96. The number of benzene rings is 1. The number of pyridine rings is 1. The number of likely N-dealkylation sites (tertiary alicyclic amines) is 1. The molecule has 1 aromatic carbocycles. The number of hydrogen-bond donors (Lipinski definition) is 1. The van der Waals surface area contributed by atoms with Crippen molar-refractivity contribution in [2.75, 3.05) is 39.9 Å². The molecular weight excluding hydrogens is 462 g/mol. The molecule has 2 saturated heterocycles. The van der Waals surface area contributed by atoms with Crippen LogP contribution in [0.1, 0.15) is 29.3 Å². The van der Waals surface area contributed by atoms with Gasteiger partial charge in [0.25, 0.3) is 5.91 Å². The fraction of sp³-hybridized carbons (Fsp3) is 0.462. The van der Waals surface area contributed by atoms with Crippen LogP contribution in [0, 0.1) is 0 Å². The highest BCUT2D eigenvalue weighted by Gasteiger charge is 2.43. The SMILES string of the molecule is COc1cccc(CN2C[C@@H]3C[C@H]2C(=O)N2CCN(C(C)=O)C[C@H]2COc2ncccc2C(=O)N3)c1. The minimum Gasteiger partial charge on any atom is -0.497 e. The molecule has 3 aliphatic rings. The van der Waals surface area contributed by atoms with Crippen LogP contribution < -0.4 is 14.8 Å². The highest BCUT2D eigenvalue weighted by atomic mass is 16.5. The normalized spacial score (nSPS) is 24.6. The molecule has 0 aliphatic carbocycles. The molecule has 36 heavy (non-hydrogen) atoms. The van der Waals surface area contributed by atoms with Crippen LogP contribution in [-0.4, -0.2) is 95.4 Å². The van der Waals surface area contributed by atoms with Crippen LogP contribution in [0.4, 0.5) is 0 Å². The average molecular weight is 494 g/mol. The summed E-state index contributed by atoms with van der Waals surface area (Å²) in [5, 5.41) is 3.09. The van der Waals surface area contributed by atoms with Gasteiger partial charge in [-0.3, -0.25) is 19.3 Å². The molecule has 1 aromatic heterocycles. The number of amides is 3. The minimum atomic E-state index is -0.402. The zero-order valence-corrected chi connectivity index (χ0v) is 20.6. The average Bonchev–Trinajstić information content (AvgIpc) is 3.28. The molecule has 10 heteroatoms. The van der Waals surface area contributed by atoms with E-state index in [1.807, 2.05) is 29.2 Å². The standard InChI is InChI=1S/C26H31N5O5/c1-17(32)29-9-10-31-20(15-29)16-36-25-22(7-4-8-27-25)24(33)28-19-12-23(26(31)34)30(14-19)13-18-5-3-6-21(11-18)35-2/h3-8,11,19-20,23H,9-10,12-16H2,1-2H3,(H,28,33)/t19-,20-,23-/m0/s1. The van der Waals surface area contributed by atoms with Crippen molar-refractivity contribution in [3.63, 3.8) is 0 Å². The van der Waals surface area contributed by atoms with Crippen molar-refractivity contribution in [2.45, 2.75) is 38.0 Å². The van der Waals surface area contributed by atoms with E-state index in [-0.39, 0.29) is 42.3 Å². The Morgan fingerprint density at radius 1 is 1.19 bits per heavy atom. The number of aromatic nitrogens is 1. The van der Waals surface area contributed by atoms with Crippen molar-refractivity contribution < 1.29 is 23.9 Å². The highest BCUT2D eigenvalue weighted by Crippen LogP contribution is 2.27. The molecular formula is C26H31N5O5. The number of nitrogens with zero attached hydrogens (tertiary/aromatic N) is 4. The van der Waals surface area contributed by atoms with Crippen LogP contribution in [0.2, 0.25) is 0 Å². The number of carbonyl (C=O) groups excluding carboxylic acids is 3. The van der Waals surface area contributed by atoms with E-state index in [2.05, 4.69) is 15.2 Å². The molecule has 190 valence electrons. The van der Waals surface area contributed by atoms with Gasteiger partial charge in [-0.2, -0.15) is 0 Å². The van der Waals surface area contributed by atoms with Crippen molar-refractivity contribution in [1.29, 1.82) is 0 Å². The molecule has 2 bridgehead atoms. The molecule has 0 spiro atoms. The second-order valence-electron chi connectivity index (χ2n) is 9.52. The number of hydrogen-bond acceptors (Lipinski definition) is 7. The van der Waals surface area contributed by atoms with Crippen molar-refractivity contribution in [3.05, 3.63) is 53.7 Å². The van der Waals surface area contributed by atoms with Gasteiger partial charge in [0.1, 0.15) is 17.9 Å². The summed E-state index contributed by atoms with van der Waals surface area (Å²) in [6.07, 6.45) is 2.08. The monoisotopic (exact) mass is 493 g/mol. The van der Waals surface area contributed by atoms with Crippen molar-refractivity contribution in [3.8, 4) is 11.6 Å². The predicted octanol–water partition coefficient (Wildman–Crippen LogP) is 0.915. The van der Waals surface area contributed by atoms with Gasteiger partial charge in [0.15, 0.2) is 0 Å². The van der Waals surface area contributed by atoms with E-state index >= 15 is 0 Å². The number of ether oxygens (including phenoxy) is 2. The number of nitrogens with one attached hydrogen (secondary N) is 1. The van der Waals surface area contributed by atoms with Gasteiger partial charge in [-0.25, -0.2) is 4.98 Å². The predicted molar refractivity (Wildman–Crippen MR) is 131 cm³/mol. The molecule has 1 N–H and O–H groups in total. The van der Waals surface area contributed by atoms with Crippen LogP contribution in [0.5, 0.6) is 11.6 Å². The van der Waals surface area contributed by atoms with E-state index in [1.165, 1.54) is 6.92 Å². The third-order valence-corrected chi connectivity index (χ3v) is 7.18. The van der Waals surface area contributed by atoms with E-state index in [0.717, 1.165) is 11.3 Å². The van der Waals surface area contributed by atoms with E-state index in [1.54, 1.807) is 30.3 Å². The zero-order chi connectivity index (χ0) is 25.2. The van der Waals surface area contributed by atoms with Gasteiger partial charge in [0.05, 0.1) is 19.2 Å². The maximum absolute atomic E-state index is 14.0. The molecule has 0 radical (unpaired) electrons. The molecule has 3 atom stereocenters. The molecule has 0 unspecified atom stereocenters. The summed E-state index contributed by atoms with van der Waals surface area (Å²) in [7, 11) is 1.63. The Morgan fingerprint density at radius 3 is 2.86 bits per heavy atom. The fourth-order valence-corrected chi connectivity index (χ4v) is 5.33. The maximum Gasteiger partial charge on any atom is 0.257 e. The first-order chi connectivity index (χ1) is 17.4. The van der Waals surface area contributed by atoms with Crippen molar-refractivity contribution >= 4 is 17.7 Å². The summed E-state index contributed by atoms with van der Waals surface area (Å²) in [5.74, 6) is 0.668. The number of piperazine rings is 1. The lowest BCUT2D eigenvalue weighted by Gasteiger charge is -2.42. The summed E-state index contributed by atoms with van der Waals surface area (Å²) in [5.41, 5.74) is 1.39. The molecule has 2 aromatic rings. The summed E-state index contributed by atoms with van der Waals surface area (Å²) >= 11 is 0. The summed E-state index contributed by atoms with van der Waals surface area (Å²) in [6.45, 7) is 4.05. The van der Waals surface area contributed by atoms with Crippen LogP contribution in [0.3, 0.4) is 0 Å². The molecule has 2 fully saturated rings. The van der Waals surface area contributed by atoms with E-state index in [4.69, 9.17) is 9.47 Å². The van der Waals surface area contributed by atoms with Gasteiger partial charge in [0.2, 0.25) is 17.7 Å². The summed E-state index contributed by atoms with van der Waals surface area (Å²) < 4.78 is 11.4. The van der Waals surface area contributed by atoms with Gasteiger partial charge in [-0.1, -0.05) is 12.1 Å². The minimum absolute atomic E-state index is 0.00624. The number of methoxy groups -OCH3 is 1. The third-order valence-electron chi connectivity index (χ3n) is 7.18. The van der Waals surface area contributed by atoms with E-state index in [9.17, 15) is 14.4 Å². The van der Waals surface area contributed by atoms with E-state index < -0.39 is 6.04 Å². The molecule has 3 amide bonds. The lowest BCUT2D eigenvalue weighted by Crippen LogP contribution is -2.61. The zero-order valence-electron chi connectivity index (χ0n) is 20.6. The van der Waals surface area contributed by atoms with Gasteiger partial charge < -0.3 is 24.6 Å². The Balaban J connectivity index is 1.47. The maximum atomic E-state index is 14.0. The first-order valence-corrected chi connectivity index (χ1v) is 12.2. The van der Waals surface area contributed by atoms with Crippen molar-refractivity contribution in [2.24, 2.45) is 0 Å². The van der Waals surface area contributed by atoms with Crippen LogP contribution >= 0.6 is 0 Å². The lowest BCUT2D eigenvalue weighted by atomic mass is 10.1. The molecule has 5 rings (SSSR count).